The third-order valence-corrected chi connectivity index (χ3v) is 3.48. The van der Waals surface area contributed by atoms with Gasteiger partial charge in [-0.1, -0.05) is 35.9 Å². The van der Waals surface area contributed by atoms with Crippen molar-refractivity contribution in [3.63, 3.8) is 0 Å². The molecule has 2 aromatic carbocycles. The van der Waals surface area contributed by atoms with Crippen LogP contribution >= 0.6 is 11.6 Å². The highest BCUT2D eigenvalue weighted by atomic mass is 35.5. The number of benzene rings is 2. The van der Waals surface area contributed by atoms with Crippen molar-refractivity contribution in [3.05, 3.63) is 59.1 Å². The van der Waals surface area contributed by atoms with E-state index in [0.717, 1.165) is 0 Å². The Morgan fingerprint density at radius 2 is 1.62 bits per heavy atom. The summed E-state index contributed by atoms with van der Waals surface area (Å²) in [7, 11) is 0. The fraction of sp³-hybridized carbons (Fsp3) is 0. The van der Waals surface area contributed by atoms with Gasteiger partial charge in [-0.05, 0) is 18.2 Å². The maximum atomic E-state index is 14.0. The Morgan fingerprint density at radius 1 is 0.952 bits per heavy atom. The molecule has 0 radical (unpaired) electrons. The van der Waals surface area contributed by atoms with Crippen molar-refractivity contribution in [3.8, 4) is 22.4 Å². The lowest BCUT2D eigenvalue weighted by Gasteiger charge is -2.08. The summed E-state index contributed by atoms with van der Waals surface area (Å²) in [6, 6.07) is 10.5. The van der Waals surface area contributed by atoms with Crippen LogP contribution in [-0.4, -0.2) is 10.2 Å². The summed E-state index contributed by atoms with van der Waals surface area (Å²) in [5, 5.41) is 6.86. The number of rotatable bonds is 2. The molecule has 0 aliphatic carbocycles. The van der Waals surface area contributed by atoms with Crippen LogP contribution in [0.15, 0.2) is 42.5 Å². The Labute approximate surface area is 124 Å². The first-order valence-electron chi connectivity index (χ1n) is 6.12. The Kier molecular flexibility index (Phi) is 3.35. The number of H-pyrrole nitrogens is 1. The van der Waals surface area contributed by atoms with E-state index in [4.69, 9.17) is 17.3 Å². The van der Waals surface area contributed by atoms with Crippen LogP contribution in [0.5, 0.6) is 0 Å². The second-order valence-electron chi connectivity index (χ2n) is 4.44. The molecule has 0 spiro atoms. The van der Waals surface area contributed by atoms with Gasteiger partial charge in [0, 0.05) is 10.6 Å². The maximum Gasteiger partial charge on any atom is 0.153 e. The number of nitrogens with one attached hydrogen (secondary N) is 1. The lowest BCUT2D eigenvalue weighted by molar-refractivity contribution is 0.588. The number of nitrogens with zero attached hydrogens (tertiary/aromatic N) is 1. The van der Waals surface area contributed by atoms with Gasteiger partial charge in [-0.25, -0.2) is 8.78 Å². The minimum absolute atomic E-state index is 0.126. The zero-order valence-electron chi connectivity index (χ0n) is 10.7. The Balaban J connectivity index is 2.31. The molecule has 0 fully saturated rings. The zero-order chi connectivity index (χ0) is 15.0. The van der Waals surface area contributed by atoms with E-state index in [9.17, 15) is 8.78 Å². The summed E-state index contributed by atoms with van der Waals surface area (Å²) < 4.78 is 28.0. The molecule has 3 N–H and O–H groups in total. The van der Waals surface area contributed by atoms with E-state index < -0.39 is 11.6 Å². The van der Waals surface area contributed by atoms with E-state index >= 15 is 0 Å². The monoisotopic (exact) mass is 305 g/mol. The molecule has 3 nitrogen and oxygen atoms in total. The van der Waals surface area contributed by atoms with E-state index in [1.165, 1.54) is 18.2 Å². The average Bonchev–Trinajstić information content (AvgIpc) is 2.81. The molecule has 106 valence electrons. The number of aromatic nitrogens is 2. The molecular formula is C15H10ClF2N3. The summed E-state index contributed by atoms with van der Waals surface area (Å²) in [4.78, 5) is 0. The smallest absolute Gasteiger partial charge is 0.153 e. The van der Waals surface area contributed by atoms with Crippen molar-refractivity contribution in [1.82, 2.24) is 10.2 Å². The van der Waals surface area contributed by atoms with Crippen molar-refractivity contribution in [1.29, 1.82) is 0 Å². The predicted molar refractivity (Wildman–Crippen MR) is 78.8 cm³/mol. The van der Waals surface area contributed by atoms with E-state index in [1.54, 1.807) is 24.3 Å². The maximum absolute atomic E-state index is 14.0. The van der Waals surface area contributed by atoms with Gasteiger partial charge in [0.2, 0.25) is 0 Å². The van der Waals surface area contributed by atoms with E-state index in [1.807, 2.05) is 0 Å². The summed E-state index contributed by atoms with van der Waals surface area (Å²) >= 11 is 6.14. The topological polar surface area (TPSA) is 54.7 Å². The first kappa shape index (κ1) is 13.6. The largest absolute Gasteiger partial charge is 0.382 e. The van der Waals surface area contributed by atoms with Crippen LogP contribution in [0.25, 0.3) is 22.4 Å². The van der Waals surface area contributed by atoms with Crippen LogP contribution in [-0.2, 0) is 0 Å². The lowest BCUT2D eigenvalue weighted by Crippen LogP contribution is -1.93. The van der Waals surface area contributed by atoms with Gasteiger partial charge in [-0.3, -0.25) is 5.10 Å². The number of halogens is 3. The quantitative estimate of drug-likeness (QED) is 0.743. The first-order chi connectivity index (χ1) is 10.1. The van der Waals surface area contributed by atoms with Gasteiger partial charge in [0.25, 0.3) is 0 Å². The number of hydrogen-bond donors (Lipinski definition) is 2. The first-order valence-corrected chi connectivity index (χ1v) is 6.50. The predicted octanol–water partition coefficient (Wildman–Crippen LogP) is 4.26. The molecule has 1 heterocycles. The van der Waals surface area contributed by atoms with Crippen LogP contribution in [0, 0.1) is 11.6 Å². The van der Waals surface area contributed by atoms with Gasteiger partial charge in [-0.2, -0.15) is 5.10 Å². The Hall–Kier alpha value is -2.40. The van der Waals surface area contributed by atoms with E-state index in [-0.39, 0.29) is 17.1 Å². The van der Waals surface area contributed by atoms with Gasteiger partial charge >= 0.3 is 0 Å². The van der Waals surface area contributed by atoms with Gasteiger partial charge in [0.15, 0.2) is 5.82 Å². The SMILES string of the molecule is Nc1n[nH]c(-c2c(F)cccc2F)c1-c1ccccc1Cl. The molecule has 0 atom stereocenters. The van der Waals surface area contributed by atoms with Crippen LogP contribution in [0.1, 0.15) is 0 Å². The molecule has 0 aliphatic heterocycles. The molecular weight excluding hydrogens is 296 g/mol. The van der Waals surface area contributed by atoms with Crippen molar-refractivity contribution in [2.75, 3.05) is 5.73 Å². The van der Waals surface area contributed by atoms with E-state index in [2.05, 4.69) is 10.2 Å². The highest BCUT2D eigenvalue weighted by molar-refractivity contribution is 6.33. The highest BCUT2D eigenvalue weighted by Gasteiger charge is 2.21. The van der Waals surface area contributed by atoms with Gasteiger partial charge in [-0.15, -0.1) is 0 Å². The summed E-state index contributed by atoms with van der Waals surface area (Å²) in [5.74, 6) is -1.28. The molecule has 0 bridgehead atoms. The molecule has 0 aliphatic rings. The molecule has 3 aromatic rings. The molecule has 0 unspecified atom stereocenters. The minimum Gasteiger partial charge on any atom is -0.382 e. The standard InChI is InChI=1S/C15H10ClF2N3/c16-9-5-2-1-4-8(9)12-14(20-21-15(12)19)13-10(17)6-3-7-11(13)18/h1-7H,(H3,19,20,21). The van der Waals surface area contributed by atoms with Gasteiger partial charge in [0.05, 0.1) is 16.8 Å². The number of aromatic amines is 1. The molecule has 3 rings (SSSR count). The zero-order valence-corrected chi connectivity index (χ0v) is 11.5. The lowest BCUT2D eigenvalue weighted by atomic mass is 10.00. The number of nitrogen functional groups attached to an aromatic ring is 1. The summed E-state index contributed by atoms with van der Waals surface area (Å²) in [6.07, 6.45) is 0. The Morgan fingerprint density at radius 3 is 2.29 bits per heavy atom. The molecule has 0 saturated carbocycles. The van der Waals surface area contributed by atoms with Crippen LogP contribution < -0.4 is 5.73 Å². The van der Waals surface area contributed by atoms with Crippen molar-refractivity contribution >= 4 is 17.4 Å². The third kappa shape index (κ3) is 2.25. The number of hydrogen-bond acceptors (Lipinski definition) is 2. The van der Waals surface area contributed by atoms with Gasteiger partial charge in [0.1, 0.15) is 11.6 Å². The molecule has 6 heteroatoms. The fourth-order valence-corrected chi connectivity index (χ4v) is 2.44. The van der Waals surface area contributed by atoms with Crippen molar-refractivity contribution in [2.24, 2.45) is 0 Å². The molecule has 1 aromatic heterocycles. The van der Waals surface area contributed by atoms with E-state index in [0.29, 0.717) is 16.1 Å². The Bertz CT molecular complexity index is 794. The molecule has 21 heavy (non-hydrogen) atoms. The number of anilines is 1. The van der Waals surface area contributed by atoms with Gasteiger partial charge < -0.3 is 5.73 Å². The number of nitrogens with two attached hydrogens (primary N) is 1. The summed E-state index contributed by atoms with van der Waals surface area (Å²) in [6.45, 7) is 0. The minimum atomic E-state index is -0.702. The second-order valence-corrected chi connectivity index (χ2v) is 4.84. The van der Waals surface area contributed by atoms with Crippen molar-refractivity contribution < 1.29 is 8.78 Å². The normalized spacial score (nSPS) is 10.8. The fourth-order valence-electron chi connectivity index (χ4n) is 2.21. The molecule has 0 saturated heterocycles. The highest BCUT2D eigenvalue weighted by Crippen LogP contribution is 2.39. The average molecular weight is 306 g/mol. The summed E-state index contributed by atoms with van der Waals surface area (Å²) in [5.41, 5.74) is 6.72. The van der Waals surface area contributed by atoms with Crippen LogP contribution in [0.4, 0.5) is 14.6 Å². The van der Waals surface area contributed by atoms with Crippen LogP contribution in [0.3, 0.4) is 0 Å². The molecule has 0 amide bonds. The third-order valence-electron chi connectivity index (χ3n) is 3.15. The van der Waals surface area contributed by atoms with Crippen molar-refractivity contribution in [2.45, 2.75) is 0 Å². The second kappa shape index (κ2) is 5.18. The van der Waals surface area contributed by atoms with Crippen LogP contribution in [0.2, 0.25) is 5.02 Å².